The lowest BCUT2D eigenvalue weighted by Gasteiger charge is -2.06. The topological polar surface area (TPSA) is 59.7 Å². The second-order valence-electron chi connectivity index (χ2n) is 3.84. The normalized spacial score (nSPS) is 10.7. The molecule has 3 rings (SSSR count). The van der Waals surface area contributed by atoms with Crippen molar-refractivity contribution in [2.24, 2.45) is 0 Å². The monoisotopic (exact) mass is 241 g/mol. The van der Waals surface area contributed by atoms with Crippen LogP contribution in [0, 0.1) is 0 Å². The lowest BCUT2D eigenvalue weighted by Crippen LogP contribution is -1.92. The molecule has 2 aromatic heterocycles. The highest BCUT2D eigenvalue weighted by Crippen LogP contribution is 2.28. The lowest BCUT2D eigenvalue weighted by atomic mass is 10.2. The molecule has 90 valence electrons. The number of para-hydroxylation sites is 1. The van der Waals surface area contributed by atoms with E-state index in [9.17, 15) is 5.11 Å². The molecule has 0 amide bonds. The molecule has 0 unspecified atom stereocenters. The number of pyridine rings is 1. The Labute approximate surface area is 103 Å². The van der Waals surface area contributed by atoms with Gasteiger partial charge in [-0.05, 0) is 24.3 Å². The number of fused-ring (bicyclic) bond motifs is 1. The fourth-order valence-electron chi connectivity index (χ4n) is 1.89. The summed E-state index contributed by atoms with van der Waals surface area (Å²) in [6, 6.07) is 10.8. The number of aromatic nitrogens is 3. The van der Waals surface area contributed by atoms with E-state index in [4.69, 9.17) is 4.74 Å². The summed E-state index contributed by atoms with van der Waals surface area (Å²) in [7, 11) is 1.61. The van der Waals surface area contributed by atoms with Gasteiger partial charge in [0.15, 0.2) is 11.5 Å². The Bertz CT molecular complexity index is 706. The van der Waals surface area contributed by atoms with Gasteiger partial charge in [0, 0.05) is 0 Å². The van der Waals surface area contributed by atoms with Gasteiger partial charge in [0.05, 0.1) is 18.9 Å². The molecule has 0 aliphatic heterocycles. The standard InChI is InChI=1S/C13H11N3O2/c1-18-11-5-3-2-4-10(11)13-15-14-12-7-6-9(17)8-16(12)13/h2-8,17H,1H3. The molecule has 1 N–H and O–H groups in total. The van der Waals surface area contributed by atoms with Crippen LogP contribution in [0.25, 0.3) is 17.0 Å². The second-order valence-corrected chi connectivity index (χ2v) is 3.84. The lowest BCUT2D eigenvalue weighted by molar-refractivity contribution is 0.416. The molecule has 18 heavy (non-hydrogen) atoms. The molecule has 5 nitrogen and oxygen atoms in total. The predicted molar refractivity (Wildman–Crippen MR) is 66.6 cm³/mol. The summed E-state index contributed by atoms with van der Waals surface area (Å²) >= 11 is 0. The molecule has 0 atom stereocenters. The Kier molecular flexibility index (Phi) is 2.37. The van der Waals surface area contributed by atoms with Crippen LogP contribution in [0.15, 0.2) is 42.6 Å². The minimum atomic E-state index is 0.165. The molecular weight excluding hydrogens is 230 g/mol. The van der Waals surface area contributed by atoms with Gasteiger partial charge in [-0.25, -0.2) is 0 Å². The van der Waals surface area contributed by atoms with Crippen molar-refractivity contribution in [2.75, 3.05) is 7.11 Å². The highest BCUT2D eigenvalue weighted by atomic mass is 16.5. The van der Waals surface area contributed by atoms with Gasteiger partial charge in [-0.3, -0.25) is 4.40 Å². The maximum absolute atomic E-state index is 9.54. The number of aromatic hydroxyl groups is 1. The Morgan fingerprint density at radius 3 is 2.78 bits per heavy atom. The first kappa shape index (κ1) is 10.6. The Morgan fingerprint density at radius 2 is 1.94 bits per heavy atom. The summed E-state index contributed by atoms with van der Waals surface area (Å²) in [4.78, 5) is 0. The van der Waals surface area contributed by atoms with E-state index in [0.29, 0.717) is 11.5 Å². The van der Waals surface area contributed by atoms with Gasteiger partial charge in [0.2, 0.25) is 0 Å². The Balaban J connectivity index is 2.28. The van der Waals surface area contributed by atoms with Crippen molar-refractivity contribution < 1.29 is 9.84 Å². The summed E-state index contributed by atoms with van der Waals surface area (Å²) in [5, 5.41) is 17.7. The molecule has 0 aliphatic carbocycles. The molecule has 5 heteroatoms. The fraction of sp³-hybridized carbons (Fsp3) is 0.0769. The number of rotatable bonds is 2. The first-order valence-corrected chi connectivity index (χ1v) is 5.47. The summed E-state index contributed by atoms with van der Waals surface area (Å²) < 4.78 is 7.03. The van der Waals surface area contributed by atoms with Gasteiger partial charge in [-0.2, -0.15) is 0 Å². The number of nitrogens with zero attached hydrogens (tertiary/aromatic N) is 3. The fourth-order valence-corrected chi connectivity index (χ4v) is 1.89. The van der Waals surface area contributed by atoms with E-state index < -0.39 is 0 Å². The molecule has 0 radical (unpaired) electrons. The van der Waals surface area contributed by atoms with E-state index >= 15 is 0 Å². The van der Waals surface area contributed by atoms with E-state index in [2.05, 4.69) is 10.2 Å². The largest absolute Gasteiger partial charge is 0.506 e. The Morgan fingerprint density at radius 1 is 1.11 bits per heavy atom. The molecule has 0 saturated heterocycles. The SMILES string of the molecule is COc1ccccc1-c1nnc2ccc(O)cn12. The third-order valence-electron chi connectivity index (χ3n) is 2.73. The van der Waals surface area contributed by atoms with Crippen LogP contribution in [0.4, 0.5) is 0 Å². The van der Waals surface area contributed by atoms with Crippen LogP contribution in [0.3, 0.4) is 0 Å². The summed E-state index contributed by atoms with van der Waals surface area (Å²) in [6.45, 7) is 0. The zero-order valence-electron chi connectivity index (χ0n) is 9.74. The van der Waals surface area contributed by atoms with Crippen molar-refractivity contribution in [1.29, 1.82) is 0 Å². The van der Waals surface area contributed by atoms with Gasteiger partial charge in [0.1, 0.15) is 11.5 Å². The van der Waals surface area contributed by atoms with Gasteiger partial charge >= 0.3 is 0 Å². The van der Waals surface area contributed by atoms with Crippen molar-refractivity contribution >= 4 is 5.65 Å². The summed E-state index contributed by atoms with van der Waals surface area (Å²) in [6.07, 6.45) is 1.58. The summed E-state index contributed by atoms with van der Waals surface area (Å²) in [5.41, 5.74) is 1.51. The zero-order valence-corrected chi connectivity index (χ0v) is 9.74. The van der Waals surface area contributed by atoms with Gasteiger partial charge < -0.3 is 9.84 Å². The van der Waals surface area contributed by atoms with Crippen LogP contribution < -0.4 is 4.74 Å². The van der Waals surface area contributed by atoms with Crippen molar-refractivity contribution in [1.82, 2.24) is 14.6 Å². The maximum Gasteiger partial charge on any atom is 0.172 e. The van der Waals surface area contributed by atoms with Crippen LogP contribution in [-0.4, -0.2) is 26.8 Å². The Hall–Kier alpha value is -2.56. The average molecular weight is 241 g/mol. The maximum atomic E-state index is 9.54. The van der Waals surface area contributed by atoms with E-state index in [1.165, 1.54) is 0 Å². The average Bonchev–Trinajstić information content (AvgIpc) is 2.81. The third-order valence-corrected chi connectivity index (χ3v) is 2.73. The predicted octanol–water partition coefficient (Wildman–Crippen LogP) is 2.11. The van der Waals surface area contributed by atoms with Crippen LogP contribution in [-0.2, 0) is 0 Å². The molecule has 0 aliphatic rings. The quantitative estimate of drug-likeness (QED) is 0.746. The van der Waals surface area contributed by atoms with Crippen LogP contribution in [0.5, 0.6) is 11.5 Å². The van der Waals surface area contributed by atoms with Crippen LogP contribution >= 0.6 is 0 Å². The smallest absolute Gasteiger partial charge is 0.172 e. The zero-order chi connectivity index (χ0) is 12.5. The van der Waals surface area contributed by atoms with E-state index in [0.717, 1.165) is 11.3 Å². The van der Waals surface area contributed by atoms with Crippen molar-refractivity contribution in [3.05, 3.63) is 42.6 Å². The number of ether oxygens (including phenoxy) is 1. The highest BCUT2D eigenvalue weighted by Gasteiger charge is 2.12. The minimum Gasteiger partial charge on any atom is -0.506 e. The second kappa shape index (κ2) is 4.03. The number of hydrogen-bond acceptors (Lipinski definition) is 4. The summed E-state index contributed by atoms with van der Waals surface area (Å²) in [5.74, 6) is 1.52. The minimum absolute atomic E-state index is 0.165. The molecule has 0 fully saturated rings. The molecule has 0 bridgehead atoms. The molecular formula is C13H11N3O2. The van der Waals surface area contributed by atoms with Gasteiger partial charge in [-0.15, -0.1) is 10.2 Å². The molecule has 1 aromatic carbocycles. The van der Waals surface area contributed by atoms with E-state index in [1.54, 1.807) is 29.8 Å². The number of hydrogen-bond donors (Lipinski definition) is 1. The molecule has 0 saturated carbocycles. The molecule has 3 aromatic rings. The van der Waals surface area contributed by atoms with E-state index in [-0.39, 0.29) is 5.75 Å². The third kappa shape index (κ3) is 1.57. The first-order valence-electron chi connectivity index (χ1n) is 5.47. The molecule has 2 heterocycles. The van der Waals surface area contributed by atoms with E-state index in [1.807, 2.05) is 24.3 Å². The van der Waals surface area contributed by atoms with Gasteiger partial charge in [-0.1, -0.05) is 12.1 Å². The number of benzene rings is 1. The number of methoxy groups -OCH3 is 1. The van der Waals surface area contributed by atoms with Crippen LogP contribution in [0.1, 0.15) is 0 Å². The van der Waals surface area contributed by atoms with Crippen molar-refractivity contribution in [2.45, 2.75) is 0 Å². The molecule has 0 spiro atoms. The van der Waals surface area contributed by atoms with Crippen molar-refractivity contribution in [3.8, 4) is 22.9 Å². The van der Waals surface area contributed by atoms with Crippen molar-refractivity contribution in [3.63, 3.8) is 0 Å². The first-order chi connectivity index (χ1) is 8.79. The highest BCUT2D eigenvalue weighted by molar-refractivity contribution is 5.66. The van der Waals surface area contributed by atoms with Crippen LogP contribution in [0.2, 0.25) is 0 Å². The van der Waals surface area contributed by atoms with Gasteiger partial charge in [0.25, 0.3) is 0 Å².